The second-order valence-corrected chi connectivity index (χ2v) is 20.1. The Morgan fingerprint density at radius 3 is 1.69 bits per heavy atom. The van der Waals surface area contributed by atoms with E-state index in [1.165, 1.54) is 22.3 Å². The van der Waals surface area contributed by atoms with Crippen molar-refractivity contribution in [1.29, 1.82) is 0 Å². The van der Waals surface area contributed by atoms with Gasteiger partial charge in [0, 0.05) is 5.57 Å². The Morgan fingerprint density at radius 2 is 1.26 bits per heavy atom. The van der Waals surface area contributed by atoms with Crippen molar-refractivity contribution < 1.29 is 0 Å². The van der Waals surface area contributed by atoms with E-state index >= 15 is 0 Å². The van der Waals surface area contributed by atoms with E-state index < -0.39 is 0 Å². The highest BCUT2D eigenvalue weighted by Crippen LogP contribution is 2.58. The van der Waals surface area contributed by atoms with Crippen LogP contribution in [-0.2, 0) is 0 Å². The minimum atomic E-state index is -0.272. The molecule has 0 N–H and O–H groups in total. The first kappa shape index (κ1) is 30.3. The third kappa shape index (κ3) is 7.54. The molecule has 0 aromatic rings. The molecule has 0 aromatic heterocycles. The molecule has 194 valence electrons. The molecule has 0 saturated carbocycles. The molecule has 0 saturated heterocycles. The Morgan fingerprint density at radius 1 is 0.743 bits per heavy atom. The first-order valence-electron chi connectivity index (χ1n) is 13.7. The second-order valence-electron chi connectivity index (χ2n) is 13.4. The Balaban J connectivity index is 2.89. The van der Waals surface area contributed by atoms with Crippen LogP contribution in [0.2, 0.25) is 0 Å². The normalized spacial score (nSPS) is 17.6. The van der Waals surface area contributed by atoms with Crippen LogP contribution < -0.4 is 0 Å². The van der Waals surface area contributed by atoms with Crippen molar-refractivity contribution in [2.75, 3.05) is 0 Å². The summed E-state index contributed by atoms with van der Waals surface area (Å²) in [6.45, 7) is 33.3. The Hall–Kier alpha value is -0.920. The summed E-state index contributed by atoms with van der Waals surface area (Å²) < 4.78 is 0. The van der Waals surface area contributed by atoms with E-state index in [1.54, 1.807) is 10.6 Å². The van der Waals surface area contributed by atoms with Crippen LogP contribution in [0, 0.1) is 10.8 Å². The van der Waals surface area contributed by atoms with Gasteiger partial charge in [-0.3, -0.25) is 0 Å². The van der Waals surface area contributed by atoms with Gasteiger partial charge in [-0.2, -0.15) is 0 Å². The lowest BCUT2D eigenvalue weighted by Gasteiger charge is -2.33. The first-order valence-corrected chi connectivity index (χ1v) is 16.7. The quantitative estimate of drug-likeness (QED) is 0.254. The lowest BCUT2D eigenvalue weighted by Crippen LogP contribution is -2.16. The summed E-state index contributed by atoms with van der Waals surface area (Å²) in [6.07, 6.45) is 13.3. The molecular weight excluding hydrogens is 458 g/mol. The van der Waals surface area contributed by atoms with Gasteiger partial charge in [-0.1, -0.05) is 95.4 Å². The maximum absolute atomic E-state index is 4.07. The van der Waals surface area contributed by atoms with Crippen molar-refractivity contribution in [2.24, 2.45) is 10.8 Å². The zero-order chi connectivity index (χ0) is 26.9. The molecule has 0 nitrogen and oxygen atoms in total. The lowest BCUT2D eigenvalue weighted by atomic mass is 9.82. The highest BCUT2D eigenvalue weighted by Gasteiger charge is 2.32. The van der Waals surface area contributed by atoms with Gasteiger partial charge in [0.15, 0.2) is 5.29 Å². The smallest absolute Gasteiger partial charge is 0.104 e. The molecule has 0 unspecified atom stereocenters. The summed E-state index contributed by atoms with van der Waals surface area (Å²) >= 11 is 0. The second kappa shape index (κ2) is 11.6. The van der Waals surface area contributed by atoms with Crippen molar-refractivity contribution in [2.45, 2.75) is 126 Å². The largest absolute Gasteiger partial charge is 0.159 e. The van der Waals surface area contributed by atoms with Gasteiger partial charge in [0.05, 0.1) is 5.57 Å². The standard InChI is InChI=1S/C33H53P2/c1-22(2)34(23(3)4)30-20-28(32(9,10)11)17-15-26(30)19-27-16-18-29(33(12,13)14)21-31(27)35(24(5)6)25(7)8/h15,17-18,20-25H,16H2,1-14H3/q+1. The summed E-state index contributed by atoms with van der Waals surface area (Å²) in [5, 5.41) is 3.13. The monoisotopic (exact) mass is 511 g/mol. The van der Waals surface area contributed by atoms with E-state index in [9.17, 15) is 0 Å². The van der Waals surface area contributed by atoms with Crippen LogP contribution >= 0.6 is 15.5 Å². The molecule has 35 heavy (non-hydrogen) atoms. The lowest BCUT2D eigenvalue weighted by molar-refractivity contribution is 0.514. The third-order valence-electron chi connectivity index (χ3n) is 6.92. The van der Waals surface area contributed by atoms with Crippen molar-refractivity contribution in [1.82, 2.24) is 0 Å². The topological polar surface area (TPSA) is 0 Å². The van der Waals surface area contributed by atoms with Gasteiger partial charge in [-0.25, -0.2) is 0 Å². The molecule has 2 heteroatoms. The molecule has 0 fully saturated rings. The van der Waals surface area contributed by atoms with E-state index in [4.69, 9.17) is 0 Å². The van der Waals surface area contributed by atoms with Crippen LogP contribution in [0.3, 0.4) is 0 Å². The van der Waals surface area contributed by atoms with Crippen molar-refractivity contribution >= 4 is 20.8 Å². The molecule has 0 amide bonds. The van der Waals surface area contributed by atoms with Crippen LogP contribution in [0.5, 0.6) is 0 Å². The van der Waals surface area contributed by atoms with Crippen LogP contribution in [0.15, 0.2) is 63.7 Å². The predicted octanol–water partition coefficient (Wildman–Crippen LogP) is 11.0. The predicted molar refractivity (Wildman–Crippen MR) is 167 cm³/mol. The van der Waals surface area contributed by atoms with Gasteiger partial charge in [-0.05, 0) is 84.9 Å². The number of rotatable bonds is 5. The SMILES string of the molecule is CC(C)P(C1=CC(C(C)(C)C)=CCC1=C=C1C=CC(C(C)(C)C)=CC1=[P+](C(C)C)C(C)C)C(C)C. The molecule has 2 rings (SSSR count). The van der Waals surface area contributed by atoms with Crippen molar-refractivity contribution in [3.05, 3.63) is 63.7 Å². The molecule has 0 aromatic carbocycles. The fourth-order valence-corrected chi connectivity index (χ4v) is 11.3. The Bertz CT molecular complexity index is 994. The average Bonchev–Trinajstić information content (AvgIpc) is 2.67. The van der Waals surface area contributed by atoms with E-state index in [0.717, 1.165) is 6.42 Å². The van der Waals surface area contributed by atoms with E-state index in [-0.39, 0.29) is 26.3 Å². The molecule has 0 heterocycles. The van der Waals surface area contributed by atoms with E-state index in [1.807, 2.05) is 0 Å². The Labute approximate surface area is 221 Å². The highest BCUT2D eigenvalue weighted by molar-refractivity contribution is 7.63. The van der Waals surface area contributed by atoms with Gasteiger partial charge >= 0.3 is 0 Å². The van der Waals surface area contributed by atoms with Crippen LogP contribution in [0.4, 0.5) is 0 Å². The van der Waals surface area contributed by atoms with Crippen LogP contribution in [0.1, 0.15) is 103 Å². The zero-order valence-electron chi connectivity index (χ0n) is 25.3. The minimum absolute atomic E-state index is 0.152. The molecule has 0 spiro atoms. The first-order chi connectivity index (χ1) is 15.9. The number of allylic oxidation sites excluding steroid dienone is 9. The van der Waals surface area contributed by atoms with Crippen LogP contribution in [-0.4, -0.2) is 27.9 Å². The fourth-order valence-electron chi connectivity index (χ4n) is 5.26. The van der Waals surface area contributed by atoms with Crippen LogP contribution in [0.25, 0.3) is 0 Å². The molecule has 0 radical (unpaired) electrons. The van der Waals surface area contributed by atoms with Gasteiger partial charge in [0.25, 0.3) is 0 Å². The van der Waals surface area contributed by atoms with E-state index in [2.05, 4.69) is 133 Å². The molecule has 2 aliphatic rings. The maximum atomic E-state index is 4.07. The summed E-state index contributed by atoms with van der Waals surface area (Å²) in [4.78, 5) is 0. The summed E-state index contributed by atoms with van der Waals surface area (Å²) in [7, 11) is -0.527. The Kier molecular flexibility index (Phi) is 10.1. The molecule has 0 atom stereocenters. The molecular formula is C33H53P2+. The summed E-state index contributed by atoms with van der Waals surface area (Å²) in [5.41, 5.74) is 12.7. The maximum Gasteiger partial charge on any atom is 0.159 e. The average molecular weight is 512 g/mol. The number of hydrogen-bond acceptors (Lipinski definition) is 0. The van der Waals surface area contributed by atoms with Crippen molar-refractivity contribution in [3.8, 4) is 0 Å². The zero-order valence-corrected chi connectivity index (χ0v) is 27.1. The molecule has 0 bridgehead atoms. The van der Waals surface area contributed by atoms with Gasteiger partial charge < -0.3 is 0 Å². The van der Waals surface area contributed by atoms with E-state index in [0.29, 0.717) is 22.6 Å². The van der Waals surface area contributed by atoms with Crippen molar-refractivity contribution in [3.63, 3.8) is 0 Å². The summed E-state index contributed by atoms with van der Waals surface area (Å²) in [5.74, 6) is 0. The fraction of sp³-hybridized carbons (Fsp3) is 0.636. The summed E-state index contributed by atoms with van der Waals surface area (Å²) in [6, 6.07) is 0. The van der Waals surface area contributed by atoms with Gasteiger partial charge in [-0.15, -0.1) is 5.73 Å². The highest BCUT2D eigenvalue weighted by atomic mass is 31.1. The molecule has 0 aliphatic heterocycles. The third-order valence-corrected chi connectivity index (χ3v) is 13.3. The molecule has 2 aliphatic carbocycles. The minimum Gasteiger partial charge on any atom is -0.104 e. The number of hydrogen-bond donors (Lipinski definition) is 0. The van der Waals surface area contributed by atoms with Gasteiger partial charge in [0.1, 0.15) is 18.9 Å². The van der Waals surface area contributed by atoms with Gasteiger partial charge in [0.2, 0.25) is 0 Å².